The number of fused-ring (bicyclic) bond motifs is 1. The summed E-state index contributed by atoms with van der Waals surface area (Å²) < 4.78 is 0. The highest BCUT2D eigenvalue weighted by atomic mass is 16.8. The van der Waals surface area contributed by atoms with Crippen LogP contribution in [-0.2, 0) is 4.84 Å². The van der Waals surface area contributed by atoms with Crippen LogP contribution in [0.25, 0.3) is 0 Å². The third kappa shape index (κ3) is 0.565. The molecule has 46 valence electrons. The number of hydrogen-bond acceptors (Lipinski definition) is 2. The number of nitrogens with zero attached hydrogens (tertiary/aromatic N) is 1. The van der Waals surface area contributed by atoms with E-state index in [0.717, 1.165) is 12.5 Å². The molecule has 2 nitrogen and oxygen atoms in total. The quantitative estimate of drug-likeness (QED) is 0.435. The molecule has 0 aromatic heterocycles. The van der Waals surface area contributed by atoms with E-state index < -0.39 is 0 Å². The van der Waals surface area contributed by atoms with Gasteiger partial charge in [-0.1, -0.05) is 6.92 Å². The second-order valence-corrected chi connectivity index (χ2v) is 2.76. The number of hydrogen-bond donors (Lipinski definition) is 0. The Hall–Kier alpha value is -0.0800. The van der Waals surface area contributed by atoms with E-state index in [1.54, 1.807) is 0 Å². The van der Waals surface area contributed by atoms with Gasteiger partial charge in [-0.25, -0.2) is 0 Å². The predicted molar refractivity (Wildman–Crippen MR) is 30.0 cm³/mol. The molecule has 0 saturated carbocycles. The van der Waals surface area contributed by atoms with Crippen molar-refractivity contribution in [3.8, 4) is 0 Å². The van der Waals surface area contributed by atoms with Gasteiger partial charge in [-0.05, 0) is 18.8 Å². The minimum absolute atomic E-state index is 0.503. The molecule has 0 N–H and O–H groups in total. The second-order valence-electron chi connectivity index (χ2n) is 2.76. The van der Waals surface area contributed by atoms with E-state index in [-0.39, 0.29) is 0 Å². The zero-order valence-electron chi connectivity index (χ0n) is 5.13. The Labute approximate surface area is 49.4 Å². The van der Waals surface area contributed by atoms with Crippen molar-refractivity contribution in [2.24, 2.45) is 5.92 Å². The van der Waals surface area contributed by atoms with Crippen molar-refractivity contribution < 1.29 is 4.84 Å². The Morgan fingerprint density at radius 3 is 3.12 bits per heavy atom. The van der Waals surface area contributed by atoms with Gasteiger partial charge in [0.1, 0.15) is 0 Å². The molecule has 0 aliphatic carbocycles. The summed E-state index contributed by atoms with van der Waals surface area (Å²) in [6.45, 7) is 3.42. The molecular formula is C6H11NO. The third-order valence-electron chi connectivity index (χ3n) is 2.01. The molecule has 2 aliphatic rings. The zero-order chi connectivity index (χ0) is 5.56. The van der Waals surface area contributed by atoms with Crippen LogP contribution >= 0.6 is 0 Å². The Bertz CT molecular complexity index is 105. The summed E-state index contributed by atoms with van der Waals surface area (Å²) in [5.41, 5.74) is 0. The molecule has 2 heteroatoms. The summed E-state index contributed by atoms with van der Waals surface area (Å²) >= 11 is 0. The normalized spacial score (nSPS) is 52.9. The van der Waals surface area contributed by atoms with Gasteiger partial charge >= 0.3 is 0 Å². The highest BCUT2D eigenvalue weighted by Gasteiger charge is 2.43. The predicted octanol–water partition coefficient (Wildman–Crippen LogP) is 0.990. The molecule has 3 unspecified atom stereocenters. The highest BCUT2D eigenvalue weighted by molar-refractivity contribution is 4.77. The maximum Gasteiger partial charge on any atom is 0.157 e. The maximum atomic E-state index is 5.22. The van der Waals surface area contributed by atoms with Crippen molar-refractivity contribution in [1.29, 1.82) is 0 Å². The lowest BCUT2D eigenvalue weighted by atomic mass is 10.0. The van der Waals surface area contributed by atoms with Gasteiger partial charge in [0.15, 0.2) is 6.23 Å². The average molecular weight is 113 g/mol. The van der Waals surface area contributed by atoms with Crippen molar-refractivity contribution in [2.75, 3.05) is 6.54 Å². The van der Waals surface area contributed by atoms with E-state index in [1.807, 2.05) is 0 Å². The molecule has 8 heavy (non-hydrogen) atoms. The number of piperidine rings is 1. The Balaban J connectivity index is 1.99. The largest absolute Gasteiger partial charge is 0.275 e. The topological polar surface area (TPSA) is 15.5 Å². The minimum atomic E-state index is 0.503. The molecule has 2 saturated heterocycles. The van der Waals surface area contributed by atoms with E-state index in [1.165, 1.54) is 12.8 Å². The Morgan fingerprint density at radius 1 is 1.62 bits per heavy atom. The van der Waals surface area contributed by atoms with Crippen LogP contribution in [0.3, 0.4) is 0 Å². The third-order valence-corrected chi connectivity index (χ3v) is 2.01. The molecular weight excluding hydrogens is 102 g/mol. The summed E-state index contributed by atoms with van der Waals surface area (Å²) in [5.74, 6) is 0.781. The zero-order valence-corrected chi connectivity index (χ0v) is 5.13. The maximum absolute atomic E-state index is 5.22. The Morgan fingerprint density at radius 2 is 2.50 bits per heavy atom. The van der Waals surface area contributed by atoms with Gasteiger partial charge in [-0.2, -0.15) is 5.06 Å². The van der Waals surface area contributed by atoms with E-state index >= 15 is 0 Å². The average Bonchev–Trinajstić information content (AvgIpc) is 2.45. The fourth-order valence-corrected chi connectivity index (χ4v) is 1.39. The van der Waals surface area contributed by atoms with Crippen molar-refractivity contribution in [2.45, 2.75) is 26.0 Å². The van der Waals surface area contributed by atoms with E-state index in [9.17, 15) is 0 Å². The van der Waals surface area contributed by atoms with Crippen LogP contribution in [0, 0.1) is 5.92 Å². The first kappa shape index (κ1) is 4.77. The fourth-order valence-electron chi connectivity index (χ4n) is 1.39. The van der Waals surface area contributed by atoms with E-state index in [0.29, 0.717) is 6.23 Å². The van der Waals surface area contributed by atoms with Crippen LogP contribution < -0.4 is 0 Å². The molecule has 2 fully saturated rings. The molecule has 0 bridgehead atoms. The van der Waals surface area contributed by atoms with Crippen LogP contribution in [0.4, 0.5) is 0 Å². The lowest BCUT2D eigenvalue weighted by Gasteiger charge is -2.11. The molecule has 2 rings (SSSR count). The lowest BCUT2D eigenvalue weighted by molar-refractivity contribution is 0.201. The van der Waals surface area contributed by atoms with Gasteiger partial charge in [0.2, 0.25) is 0 Å². The van der Waals surface area contributed by atoms with Crippen molar-refractivity contribution in [3.05, 3.63) is 0 Å². The first-order chi connectivity index (χ1) is 3.88. The molecule has 0 amide bonds. The van der Waals surface area contributed by atoms with Gasteiger partial charge in [0.05, 0.1) is 0 Å². The summed E-state index contributed by atoms with van der Waals surface area (Å²) in [6.07, 6.45) is 3.17. The summed E-state index contributed by atoms with van der Waals surface area (Å²) in [7, 11) is 0. The SMILES string of the molecule is CC1CCCN2OC12. The van der Waals surface area contributed by atoms with Crippen LogP contribution in [0.5, 0.6) is 0 Å². The van der Waals surface area contributed by atoms with Crippen LogP contribution in [0.15, 0.2) is 0 Å². The number of rotatable bonds is 0. The standard InChI is InChI=1S/C6H11NO/c1-5-3-2-4-7-6(5)8-7/h5-6H,2-4H2,1H3. The smallest absolute Gasteiger partial charge is 0.157 e. The summed E-state index contributed by atoms with van der Waals surface area (Å²) in [4.78, 5) is 5.22. The van der Waals surface area contributed by atoms with Gasteiger partial charge in [0, 0.05) is 6.54 Å². The molecule has 3 atom stereocenters. The van der Waals surface area contributed by atoms with Crippen LogP contribution in [-0.4, -0.2) is 17.8 Å². The molecule has 0 aromatic carbocycles. The van der Waals surface area contributed by atoms with E-state index in [4.69, 9.17) is 4.84 Å². The first-order valence-corrected chi connectivity index (χ1v) is 3.31. The second kappa shape index (κ2) is 1.45. The lowest BCUT2D eigenvalue weighted by Crippen LogP contribution is -2.18. The van der Waals surface area contributed by atoms with E-state index in [2.05, 4.69) is 12.0 Å². The molecule has 0 spiro atoms. The van der Waals surface area contributed by atoms with Crippen LogP contribution in [0.2, 0.25) is 0 Å². The number of hydroxylamine groups is 2. The first-order valence-electron chi connectivity index (χ1n) is 3.31. The van der Waals surface area contributed by atoms with Crippen molar-refractivity contribution in [3.63, 3.8) is 0 Å². The van der Waals surface area contributed by atoms with Gasteiger partial charge in [-0.15, -0.1) is 0 Å². The van der Waals surface area contributed by atoms with Crippen molar-refractivity contribution >= 4 is 0 Å². The molecule has 0 aromatic rings. The fraction of sp³-hybridized carbons (Fsp3) is 1.00. The molecule has 2 heterocycles. The van der Waals surface area contributed by atoms with Gasteiger partial charge in [-0.3, -0.25) is 4.84 Å². The molecule has 0 radical (unpaired) electrons. The summed E-state index contributed by atoms with van der Waals surface area (Å²) in [6, 6.07) is 0. The molecule has 2 aliphatic heterocycles. The van der Waals surface area contributed by atoms with Crippen molar-refractivity contribution in [1.82, 2.24) is 5.06 Å². The minimum Gasteiger partial charge on any atom is -0.275 e. The Kier molecular flexibility index (Phi) is 0.866. The monoisotopic (exact) mass is 113 g/mol. The van der Waals surface area contributed by atoms with Crippen LogP contribution in [0.1, 0.15) is 19.8 Å². The highest BCUT2D eigenvalue weighted by Crippen LogP contribution is 2.34. The van der Waals surface area contributed by atoms with Gasteiger partial charge < -0.3 is 0 Å². The van der Waals surface area contributed by atoms with Gasteiger partial charge in [0.25, 0.3) is 0 Å². The summed E-state index contributed by atoms with van der Waals surface area (Å²) in [5, 5.41) is 2.08.